The fourth-order valence-corrected chi connectivity index (χ4v) is 3.04. The Morgan fingerprint density at radius 1 is 1.04 bits per heavy atom. The van der Waals surface area contributed by atoms with Gasteiger partial charge in [-0.05, 0) is 48.9 Å². The number of aromatic nitrogens is 7. The van der Waals surface area contributed by atoms with Crippen LogP contribution in [0.2, 0.25) is 0 Å². The lowest BCUT2D eigenvalue weighted by Gasteiger charge is -2.06. The Labute approximate surface area is 148 Å². The van der Waals surface area contributed by atoms with Gasteiger partial charge in [0.25, 0.3) is 0 Å². The lowest BCUT2D eigenvalue weighted by molar-refractivity contribution is 0.821. The molecule has 0 atom stereocenters. The molecular weight excluding hydrogens is 326 g/mol. The molecule has 0 amide bonds. The number of fused-ring (bicyclic) bond motifs is 2. The minimum absolute atomic E-state index is 0.652. The zero-order chi connectivity index (χ0) is 17.5. The van der Waals surface area contributed by atoms with E-state index in [0.29, 0.717) is 6.42 Å². The third-order valence-electron chi connectivity index (χ3n) is 4.32. The van der Waals surface area contributed by atoms with Crippen LogP contribution in [0.4, 0.5) is 0 Å². The van der Waals surface area contributed by atoms with Gasteiger partial charge in [0.2, 0.25) is 0 Å². The number of aryl methyl sites for hydroxylation is 1. The highest BCUT2D eigenvalue weighted by molar-refractivity contribution is 5.81. The number of nitrogens with zero attached hydrogens (tertiary/aromatic N) is 7. The fraction of sp³-hybridized carbons (Fsp3) is 0.105. The smallest absolute Gasteiger partial charge is 0.177 e. The van der Waals surface area contributed by atoms with E-state index in [1.807, 2.05) is 43.6 Å². The summed E-state index contributed by atoms with van der Waals surface area (Å²) < 4.78 is 3.61. The predicted octanol–water partition coefficient (Wildman–Crippen LogP) is 2.76. The third-order valence-corrected chi connectivity index (χ3v) is 4.32. The zero-order valence-corrected chi connectivity index (χ0v) is 14.1. The van der Waals surface area contributed by atoms with Gasteiger partial charge >= 0.3 is 0 Å². The largest absolute Gasteiger partial charge is 0.254 e. The maximum atomic E-state index is 4.53. The van der Waals surface area contributed by atoms with Crippen LogP contribution in [0.1, 0.15) is 17.1 Å². The summed E-state index contributed by atoms with van der Waals surface area (Å²) in [5.74, 6) is 0.819. The van der Waals surface area contributed by atoms with E-state index >= 15 is 0 Å². The van der Waals surface area contributed by atoms with E-state index in [9.17, 15) is 0 Å². The average Bonchev–Trinajstić information content (AvgIpc) is 3.32. The maximum absolute atomic E-state index is 4.53. The van der Waals surface area contributed by atoms with Crippen LogP contribution in [-0.4, -0.2) is 34.6 Å². The first-order chi connectivity index (χ1) is 12.8. The quantitative estimate of drug-likeness (QED) is 0.504. The lowest BCUT2D eigenvalue weighted by atomic mass is 10.1. The highest BCUT2D eigenvalue weighted by Gasteiger charge is 2.09. The van der Waals surface area contributed by atoms with Gasteiger partial charge in [-0.3, -0.25) is 4.98 Å². The van der Waals surface area contributed by atoms with Crippen LogP contribution >= 0.6 is 0 Å². The van der Waals surface area contributed by atoms with Crippen molar-refractivity contribution < 1.29 is 0 Å². The maximum Gasteiger partial charge on any atom is 0.177 e. The molecule has 0 bridgehead atoms. The fourth-order valence-electron chi connectivity index (χ4n) is 3.04. The lowest BCUT2D eigenvalue weighted by Crippen LogP contribution is -2.01. The van der Waals surface area contributed by atoms with Crippen LogP contribution in [0.15, 0.2) is 61.1 Å². The Bertz CT molecular complexity index is 1220. The molecule has 0 N–H and O–H groups in total. The van der Waals surface area contributed by atoms with Gasteiger partial charge < -0.3 is 0 Å². The van der Waals surface area contributed by atoms with E-state index < -0.39 is 0 Å². The summed E-state index contributed by atoms with van der Waals surface area (Å²) in [5.41, 5.74) is 4.71. The number of rotatable bonds is 3. The van der Waals surface area contributed by atoms with Crippen LogP contribution in [0, 0.1) is 6.92 Å². The van der Waals surface area contributed by atoms with Gasteiger partial charge in [-0.25, -0.2) is 4.68 Å². The van der Waals surface area contributed by atoms with Crippen LogP contribution in [0.25, 0.3) is 22.2 Å². The molecule has 4 heterocycles. The second-order valence-corrected chi connectivity index (χ2v) is 6.21. The Morgan fingerprint density at radius 3 is 2.88 bits per heavy atom. The molecule has 5 aromatic rings. The van der Waals surface area contributed by atoms with Crippen molar-refractivity contribution in [2.24, 2.45) is 0 Å². The molecule has 0 aliphatic carbocycles. The standard InChI is InChI=1S/C19H15N7/c1-13-3-6-18-22-23-19(26(18)24-13)10-14-4-5-17-15(9-14)11-16(12-20-17)25-8-2-7-21-25/h2-9,11-12H,10H2,1H3. The number of pyridine rings is 1. The number of hydrogen-bond acceptors (Lipinski definition) is 5. The van der Waals surface area contributed by atoms with Crippen LogP contribution in [-0.2, 0) is 6.42 Å². The molecule has 1 aromatic carbocycles. The summed E-state index contributed by atoms with van der Waals surface area (Å²) >= 11 is 0. The van der Waals surface area contributed by atoms with E-state index in [1.165, 1.54) is 0 Å². The molecule has 7 heteroatoms. The van der Waals surface area contributed by atoms with E-state index in [-0.39, 0.29) is 0 Å². The van der Waals surface area contributed by atoms with Crippen molar-refractivity contribution >= 4 is 16.6 Å². The van der Waals surface area contributed by atoms with Gasteiger partial charge in [0.1, 0.15) is 0 Å². The molecule has 7 nitrogen and oxygen atoms in total. The SMILES string of the molecule is Cc1ccc2nnc(Cc3ccc4ncc(-n5cccn5)cc4c3)n2n1. The van der Waals surface area contributed by atoms with Gasteiger partial charge in [-0.15, -0.1) is 10.2 Å². The Kier molecular flexibility index (Phi) is 3.24. The van der Waals surface area contributed by atoms with E-state index in [1.54, 1.807) is 15.4 Å². The number of benzene rings is 1. The van der Waals surface area contributed by atoms with Crippen LogP contribution in [0.5, 0.6) is 0 Å². The molecule has 0 saturated carbocycles. The molecular formula is C19H15N7. The molecule has 0 saturated heterocycles. The molecule has 0 radical (unpaired) electrons. The van der Waals surface area contributed by atoms with Gasteiger partial charge in [0, 0.05) is 24.2 Å². The molecule has 4 aromatic heterocycles. The van der Waals surface area contributed by atoms with Crippen molar-refractivity contribution in [1.29, 1.82) is 0 Å². The van der Waals surface area contributed by atoms with Crippen molar-refractivity contribution in [2.75, 3.05) is 0 Å². The highest BCUT2D eigenvalue weighted by atomic mass is 15.4. The van der Waals surface area contributed by atoms with Crippen molar-refractivity contribution in [3.8, 4) is 5.69 Å². The monoisotopic (exact) mass is 341 g/mol. The van der Waals surface area contributed by atoms with Gasteiger partial charge in [0.05, 0.1) is 23.1 Å². The van der Waals surface area contributed by atoms with Gasteiger partial charge in [0.15, 0.2) is 11.5 Å². The molecule has 0 aliphatic rings. The molecule has 0 spiro atoms. The molecule has 0 unspecified atom stereocenters. The van der Waals surface area contributed by atoms with E-state index in [4.69, 9.17) is 0 Å². The summed E-state index contributed by atoms with van der Waals surface area (Å²) in [4.78, 5) is 4.53. The van der Waals surface area contributed by atoms with Crippen LogP contribution in [0.3, 0.4) is 0 Å². The average molecular weight is 341 g/mol. The van der Waals surface area contributed by atoms with Gasteiger partial charge in [-0.2, -0.15) is 14.7 Å². The third kappa shape index (κ3) is 2.50. The minimum atomic E-state index is 0.652. The molecule has 0 aliphatic heterocycles. The minimum Gasteiger partial charge on any atom is -0.254 e. The van der Waals surface area contributed by atoms with Crippen molar-refractivity contribution in [2.45, 2.75) is 13.3 Å². The molecule has 126 valence electrons. The summed E-state index contributed by atoms with van der Waals surface area (Å²) in [6.45, 7) is 1.96. The first-order valence-electron chi connectivity index (χ1n) is 8.33. The summed E-state index contributed by atoms with van der Waals surface area (Å²) in [6.07, 6.45) is 6.14. The molecule has 26 heavy (non-hydrogen) atoms. The molecule has 5 rings (SSSR count). The summed E-state index contributed by atoms with van der Waals surface area (Å²) in [6, 6.07) is 14.1. The van der Waals surface area contributed by atoms with Crippen molar-refractivity contribution in [1.82, 2.24) is 34.6 Å². The summed E-state index contributed by atoms with van der Waals surface area (Å²) in [5, 5.41) is 18.3. The number of hydrogen-bond donors (Lipinski definition) is 0. The molecule has 0 fully saturated rings. The zero-order valence-electron chi connectivity index (χ0n) is 14.1. The van der Waals surface area contributed by atoms with Gasteiger partial charge in [-0.1, -0.05) is 6.07 Å². The normalized spacial score (nSPS) is 11.4. The Balaban J connectivity index is 1.55. The van der Waals surface area contributed by atoms with E-state index in [0.717, 1.165) is 39.3 Å². The van der Waals surface area contributed by atoms with Crippen LogP contribution < -0.4 is 0 Å². The topological polar surface area (TPSA) is 73.8 Å². The first-order valence-corrected chi connectivity index (χ1v) is 8.33. The van der Waals surface area contributed by atoms with E-state index in [2.05, 4.69) is 43.6 Å². The second kappa shape index (κ2) is 5.73. The highest BCUT2D eigenvalue weighted by Crippen LogP contribution is 2.19. The summed E-state index contributed by atoms with van der Waals surface area (Å²) in [7, 11) is 0. The Hall–Kier alpha value is -3.61. The van der Waals surface area contributed by atoms with Crippen molar-refractivity contribution in [3.05, 3.63) is 78.1 Å². The Morgan fingerprint density at radius 2 is 2.00 bits per heavy atom. The first kappa shape index (κ1) is 14.7. The van der Waals surface area contributed by atoms with Crippen molar-refractivity contribution in [3.63, 3.8) is 0 Å². The predicted molar refractivity (Wildman–Crippen MR) is 97.2 cm³/mol. The second-order valence-electron chi connectivity index (χ2n) is 6.21.